The molecule has 312 valence electrons. The number of benzene rings is 1. The van der Waals surface area contributed by atoms with Crippen molar-refractivity contribution in [2.24, 2.45) is 5.92 Å². The first-order valence-electron chi connectivity index (χ1n) is 19.9. The van der Waals surface area contributed by atoms with Crippen LogP contribution in [0.2, 0.25) is 0 Å². The van der Waals surface area contributed by atoms with Crippen LogP contribution in [0, 0.1) is 25.6 Å². The van der Waals surface area contributed by atoms with E-state index in [1.54, 1.807) is 27.0 Å². The second-order valence-corrected chi connectivity index (χ2v) is 18.3. The molecule has 4 fully saturated rings. The predicted octanol–water partition coefficient (Wildman–Crippen LogP) is 3.86. The smallest absolute Gasteiger partial charge is 0.344 e. The van der Waals surface area contributed by atoms with Crippen LogP contribution >= 0.6 is 23.4 Å². The summed E-state index contributed by atoms with van der Waals surface area (Å²) in [6.45, 7) is 13.2. The summed E-state index contributed by atoms with van der Waals surface area (Å²) in [6, 6.07) is -1.25. The first-order chi connectivity index (χ1) is 26.5. The number of rotatable bonds is 12. The molecule has 4 aliphatic rings. The van der Waals surface area contributed by atoms with Gasteiger partial charge in [-0.05, 0) is 79.5 Å². The largest absolute Gasteiger partial charge is 0.492 e. The van der Waals surface area contributed by atoms with E-state index in [4.69, 9.17) is 25.8 Å². The summed E-state index contributed by atoms with van der Waals surface area (Å²) in [4.78, 5) is 45.0. The highest BCUT2D eigenvalue weighted by Gasteiger charge is 2.56. The molecule has 2 aromatic rings. The number of fused-ring (bicyclic) bond motifs is 1. The average molecular weight is 824 g/mol. The molecule has 1 aliphatic carbocycles. The Kier molecular flexibility index (Phi) is 13.0. The Balaban J connectivity index is 1.33. The molecule has 6 rings (SSSR count). The van der Waals surface area contributed by atoms with Crippen LogP contribution in [0.3, 0.4) is 0 Å². The van der Waals surface area contributed by atoms with Gasteiger partial charge in [0.05, 0.1) is 35.5 Å². The van der Waals surface area contributed by atoms with Crippen molar-refractivity contribution in [1.29, 1.82) is 0 Å². The number of methoxy groups -OCH3 is 1. The van der Waals surface area contributed by atoms with E-state index in [0.29, 0.717) is 43.2 Å². The number of likely N-dealkylation sites (N-methyl/N-ethyl adjacent to an activating group) is 1. The van der Waals surface area contributed by atoms with Crippen LogP contribution in [0.15, 0.2) is 4.79 Å². The van der Waals surface area contributed by atoms with Crippen molar-refractivity contribution < 1.29 is 38.4 Å². The molecule has 1 aromatic heterocycles. The first kappa shape index (κ1) is 42.9. The molecule has 56 heavy (non-hydrogen) atoms. The average Bonchev–Trinajstić information content (AvgIpc) is 3.92. The number of alkyl halides is 1. The Morgan fingerprint density at radius 3 is 2.50 bits per heavy atom. The van der Waals surface area contributed by atoms with Crippen LogP contribution in [0.5, 0.6) is 5.75 Å². The second-order valence-electron chi connectivity index (χ2n) is 16.4. The lowest BCUT2D eigenvalue weighted by Crippen LogP contribution is -2.69. The molecule has 4 heterocycles. The number of likely N-dealkylation sites (tertiary alicyclic amines) is 1. The number of hydrogen-bond donors (Lipinski definition) is 4. The maximum atomic E-state index is 16.5. The molecule has 13 nitrogen and oxygen atoms in total. The number of carbonyl (C=O) groups excluding carboxylic acids is 2. The van der Waals surface area contributed by atoms with E-state index >= 15 is 4.39 Å². The van der Waals surface area contributed by atoms with Crippen LogP contribution in [0.1, 0.15) is 87.5 Å². The number of anilines is 1. The molecule has 3 aliphatic heterocycles. The number of aliphatic hydroxyl groups excluding tert-OH is 2. The molecule has 0 bridgehead atoms. The molecule has 16 heteroatoms. The maximum Gasteiger partial charge on any atom is 0.344 e. The molecule has 1 saturated carbocycles. The van der Waals surface area contributed by atoms with Crippen molar-refractivity contribution in [2.45, 2.75) is 133 Å². The van der Waals surface area contributed by atoms with Gasteiger partial charge in [0.15, 0.2) is 22.6 Å². The van der Waals surface area contributed by atoms with Gasteiger partial charge >= 0.3 is 5.97 Å². The number of amides is 1. The van der Waals surface area contributed by atoms with Crippen LogP contribution in [-0.4, -0.2) is 131 Å². The minimum atomic E-state index is -1.69. The fraction of sp³-hybridized carbons (Fsp3) is 0.725. The summed E-state index contributed by atoms with van der Waals surface area (Å²) < 4.78 is 36.8. The number of nitrogens with zero attached hydrogens (tertiary/aromatic N) is 3. The standard InChI is InChI=1S/C40H59ClFN5O8S/c1-10-11-23-16-25(45(7)18-23)38(51)44-29(21(4)41)35-33(49)34(50)37(40(6,55-35)56-9)54-39(52)27-22(5)47(24-12-13-24)30-26(32(27)48)20(3)28(42)31(36(30)53-8)46-15-14-43-19(2)17-46/h19,21,23-25,29,33-35,37,43,49-50H,10-18H2,1-9H3,(H,44,51)/t19?,21?,23?,25?,29-,33-,34+,35-,37-,40-/m1/s1. The van der Waals surface area contributed by atoms with E-state index in [1.165, 1.54) is 14.0 Å². The third kappa shape index (κ3) is 7.78. The van der Waals surface area contributed by atoms with Gasteiger partial charge in [0, 0.05) is 49.5 Å². The van der Waals surface area contributed by atoms with Gasteiger partial charge in [0.25, 0.3) is 0 Å². The lowest BCUT2D eigenvalue weighted by molar-refractivity contribution is -0.236. The van der Waals surface area contributed by atoms with Crippen LogP contribution in [0.25, 0.3) is 10.9 Å². The predicted molar refractivity (Wildman–Crippen MR) is 217 cm³/mol. The number of pyridine rings is 1. The minimum absolute atomic E-state index is 0.0208. The minimum Gasteiger partial charge on any atom is -0.492 e. The van der Waals surface area contributed by atoms with Gasteiger partial charge in [-0.15, -0.1) is 23.4 Å². The number of piperazine rings is 1. The number of aryl methyl sites for hydroxylation is 1. The fourth-order valence-corrected chi connectivity index (χ4v) is 9.99. The van der Waals surface area contributed by atoms with Gasteiger partial charge in [-0.1, -0.05) is 13.3 Å². The number of esters is 1. The van der Waals surface area contributed by atoms with E-state index in [2.05, 4.69) is 17.6 Å². The van der Waals surface area contributed by atoms with Crippen molar-refractivity contribution >= 4 is 51.8 Å². The van der Waals surface area contributed by atoms with E-state index < -0.39 is 58.0 Å². The molecule has 0 radical (unpaired) electrons. The highest BCUT2D eigenvalue weighted by Crippen LogP contribution is 2.47. The second kappa shape index (κ2) is 16.9. The Morgan fingerprint density at radius 2 is 1.91 bits per heavy atom. The number of ether oxygens (including phenoxy) is 3. The summed E-state index contributed by atoms with van der Waals surface area (Å²) in [6.07, 6.45) is 0.0516. The summed E-state index contributed by atoms with van der Waals surface area (Å²) >= 11 is 7.80. The number of thioether (sulfide) groups is 1. The van der Waals surface area contributed by atoms with Crippen molar-refractivity contribution in [1.82, 2.24) is 20.1 Å². The number of aliphatic hydroxyl groups is 2. The SMILES string of the molecule is CCCC1CC(C(=O)N[C@H](C(C)Cl)[C@H]2O[C@](C)(SC)[C@H](OC(=O)c3c(C)n(C4CC4)c4c(OC)c(N5CCNC(C)C5)c(F)c(C)c4c3=O)[C@@H](O)[C@H]2O)N(C)C1. The van der Waals surface area contributed by atoms with Gasteiger partial charge < -0.3 is 44.5 Å². The van der Waals surface area contributed by atoms with E-state index in [9.17, 15) is 24.6 Å². The lowest BCUT2D eigenvalue weighted by atomic mass is 9.89. The summed E-state index contributed by atoms with van der Waals surface area (Å²) in [5, 5.41) is 29.0. The van der Waals surface area contributed by atoms with Crippen LogP contribution in [-0.2, 0) is 14.3 Å². The molecular formula is C40H59ClFN5O8S. The molecule has 4 unspecified atom stereocenters. The first-order valence-corrected chi connectivity index (χ1v) is 21.5. The Bertz CT molecular complexity index is 1880. The molecule has 10 atom stereocenters. The van der Waals surface area contributed by atoms with Gasteiger partial charge in [-0.3, -0.25) is 14.5 Å². The van der Waals surface area contributed by atoms with Crippen LogP contribution < -0.4 is 25.7 Å². The van der Waals surface area contributed by atoms with Crippen molar-refractivity contribution in [3.8, 4) is 5.75 Å². The molecule has 1 aromatic carbocycles. The maximum absolute atomic E-state index is 16.5. The molecule has 3 saturated heterocycles. The zero-order chi connectivity index (χ0) is 41.0. The van der Waals surface area contributed by atoms with E-state index in [-0.39, 0.29) is 52.0 Å². The third-order valence-corrected chi connectivity index (χ3v) is 13.7. The van der Waals surface area contributed by atoms with E-state index in [1.807, 2.05) is 28.3 Å². The normalized spacial score (nSPS) is 31.0. The molecule has 0 spiro atoms. The van der Waals surface area contributed by atoms with E-state index in [0.717, 1.165) is 44.0 Å². The quantitative estimate of drug-likeness (QED) is 0.182. The highest BCUT2D eigenvalue weighted by molar-refractivity contribution is 7.99. The molecule has 1 amide bonds. The Hall–Kier alpha value is -2.66. The topological polar surface area (TPSA) is 155 Å². The Morgan fingerprint density at radius 1 is 1.21 bits per heavy atom. The zero-order valence-electron chi connectivity index (χ0n) is 34.0. The Labute approximate surface area is 337 Å². The number of hydrogen-bond acceptors (Lipinski definition) is 12. The van der Waals surface area contributed by atoms with Crippen molar-refractivity contribution in [2.75, 3.05) is 51.5 Å². The zero-order valence-corrected chi connectivity index (χ0v) is 35.6. The van der Waals surface area contributed by atoms with Crippen LogP contribution in [0.4, 0.5) is 10.1 Å². The number of carbonyl (C=O) groups is 2. The van der Waals surface area contributed by atoms with Gasteiger partial charge in [0.2, 0.25) is 11.3 Å². The van der Waals surface area contributed by atoms with Gasteiger partial charge in [0.1, 0.15) is 29.6 Å². The van der Waals surface area contributed by atoms with Crippen molar-refractivity contribution in [3.63, 3.8) is 0 Å². The monoisotopic (exact) mass is 823 g/mol. The number of nitrogens with one attached hydrogen (secondary N) is 2. The van der Waals surface area contributed by atoms with Crippen molar-refractivity contribution in [3.05, 3.63) is 32.9 Å². The summed E-state index contributed by atoms with van der Waals surface area (Å²) in [5.41, 5.74) is 0.110. The lowest BCUT2D eigenvalue weighted by Gasteiger charge is -2.50. The van der Waals surface area contributed by atoms with Gasteiger partial charge in [-0.2, -0.15) is 0 Å². The fourth-order valence-electron chi connectivity index (χ4n) is 9.16. The molecular weight excluding hydrogens is 765 g/mol. The highest BCUT2D eigenvalue weighted by atomic mass is 35.5. The number of halogens is 2. The molecule has 4 N–H and O–H groups in total. The summed E-state index contributed by atoms with van der Waals surface area (Å²) in [7, 11) is 3.37. The third-order valence-electron chi connectivity index (χ3n) is 12.3. The number of aromatic nitrogens is 1. The summed E-state index contributed by atoms with van der Waals surface area (Å²) in [5.74, 6) is -1.25. The van der Waals surface area contributed by atoms with Gasteiger partial charge in [-0.25, -0.2) is 9.18 Å².